The normalized spacial score (nSPS) is 9.56. The standard InChI is InChI=1S/C11H17N5/c1-3-6-14-10-8-13-9-11(15-10)16(2)7-4-5-12/h8-9H,3-4,6-7H2,1-2H3,(H,14,15). The fraction of sp³-hybridized carbons (Fsp3) is 0.545. The highest BCUT2D eigenvalue weighted by Crippen LogP contribution is 2.10. The fourth-order valence-electron chi connectivity index (χ4n) is 1.21. The van der Waals surface area contributed by atoms with Crippen LogP contribution in [0.4, 0.5) is 11.6 Å². The SMILES string of the molecule is CCCNc1cncc(N(C)CCC#N)n1. The smallest absolute Gasteiger partial charge is 0.149 e. The first kappa shape index (κ1) is 12.2. The molecule has 0 atom stereocenters. The van der Waals surface area contributed by atoms with Gasteiger partial charge < -0.3 is 10.2 Å². The van der Waals surface area contributed by atoms with Crippen molar-refractivity contribution in [1.82, 2.24) is 9.97 Å². The Morgan fingerprint density at radius 2 is 2.31 bits per heavy atom. The zero-order valence-electron chi connectivity index (χ0n) is 9.77. The fourth-order valence-corrected chi connectivity index (χ4v) is 1.21. The number of nitrogens with zero attached hydrogens (tertiary/aromatic N) is 4. The minimum atomic E-state index is 0.491. The van der Waals surface area contributed by atoms with Gasteiger partial charge in [0.25, 0.3) is 0 Å². The molecule has 1 rings (SSSR count). The van der Waals surface area contributed by atoms with Crippen LogP contribution in [0.25, 0.3) is 0 Å². The lowest BCUT2D eigenvalue weighted by Gasteiger charge is -2.16. The zero-order valence-corrected chi connectivity index (χ0v) is 9.77. The maximum Gasteiger partial charge on any atom is 0.149 e. The Labute approximate surface area is 96.1 Å². The summed E-state index contributed by atoms with van der Waals surface area (Å²) in [4.78, 5) is 10.4. The van der Waals surface area contributed by atoms with Crippen LogP contribution < -0.4 is 10.2 Å². The molecule has 0 aliphatic carbocycles. The molecule has 0 aromatic carbocycles. The van der Waals surface area contributed by atoms with E-state index in [0.717, 1.165) is 24.6 Å². The average Bonchev–Trinajstić information content (AvgIpc) is 2.33. The molecule has 0 fully saturated rings. The lowest BCUT2D eigenvalue weighted by atomic mass is 10.4. The van der Waals surface area contributed by atoms with Crippen molar-refractivity contribution in [2.75, 3.05) is 30.4 Å². The third-order valence-corrected chi connectivity index (χ3v) is 2.13. The van der Waals surface area contributed by atoms with E-state index in [9.17, 15) is 0 Å². The Balaban J connectivity index is 2.62. The van der Waals surface area contributed by atoms with Crippen LogP contribution in [-0.4, -0.2) is 30.1 Å². The second-order valence-electron chi connectivity index (χ2n) is 3.52. The summed E-state index contributed by atoms with van der Waals surface area (Å²) in [5, 5.41) is 11.7. The van der Waals surface area contributed by atoms with Crippen molar-refractivity contribution in [2.24, 2.45) is 0 Å². The van der Waals surface area contributed by atoms with Crippen molar-refractivity contribution in [3.63, 3.8) is 0 Å². The van der Waals surface area contributed by atoms with Crippen LogP contribution in [0, 0.1) is 11.3 Å². The van der Waals surface area contributed by atoms with E-state index in [1.54, 1.807) is 12.4 Å². The molecule has 0 amide bonds. The van der Waals surface area contributed by atoms with Crippen molar-refractivity contribution in [3.8, 4) is 6.07 Å². The molecule has 0 bridgehead atoms. The first-order chi connectivity index (χ1) is 7.77. The predicted molar refractivity (Wildman–Crippen MR) is 64.3 cm³/mol. The van der Waals surface area contributed by atoms with E-state index in [-0.39, 0.29) is 0 Å². The van der Waals surface area contributed by atoms with Gasteiger partial charge in [-0.05, 0) is 6.42 Å². The molecule has 0 aliphatic heterocycles. The van der Waals surface area contributed by atoms with Gasteiger partial charge in [0.2, 0.25) is 0 Å². The molecule has 16 heavy (non-hydrogen) atoms. The summed E-state index contributed by atoms with van der Waals surface area (Å²) >= 11 is 0. The number of aromatic nitrogens is 2. The molecule has 0 radical (unpaired) electrons. The second kappa shape index (κ2) is 6.62. The van der Waals surface area contributed by atoms with Crippen LogP contribution in [0.15, 0.2) is 12.4 Å². The lowest BCUT2D eigenvalue weighted by molar-refractivity contribution is 0.875. The van der Waals surface area contributed by atoms with Gasteiger partial charge in [-0.3, -0.25) is 4.98 Å². The summed E-state index contributed by atoms with van der Waals surface area (Å²) < 4.78 is 0. The molecule has 0 aliphatic rings. The molecule has 1 aromatic heterocycles. The second-order valence-corrected chi connectivity index (χ2v) is 3.52. The molecular formula is C11H17N5. The van der Waals surface area contributed by atoms with Crippen molar-refractivity contribution in [1.29, 1.82) is 5.26 Å². The first-order valence-electron chi connectivity index (χ1n) is 5.42. The highest BCUT2D eigenvalue weighted by Gasteiger charge is 2.03. The summed E-state index contributed by atoms with van der Waals surface area (Å²) in [6.07, 6.45) is 4.95. The van der Waals surface area contributed by atoms with E-state index in [0.29, 0.717) is 13.0 Å². The lowest BCUT2D eigenvalue weighted by Crippen LogP contribution is -2.20. The number of anilines is 2. The molecule has 1 aromatic rings. The van der Waals surface area contributed by atoms with Gasteiger partial charge in [0, 0.05) is 20.1 Å². The summed E-state index contributed by atoms with van der Waals surface area (Å²) in [5.74, 6) is 1.57. The molecule has 5 nitrogen and oxygen atoms in total. The van der Waals surface area contributed by atoms with Gasteiger partial charge >= 0.3 is 0 Å². The van der Waals surface area contributed by atoms with Crippen LogP contribution in [-0.2, 0) is 0 Å². The van der Waals surface area contributed by atoms with E-state index in [4.69, 9.17) is 5.26 Å². The van der Waals surface area contributed by atoms with Crippen molar-refractivity contribution in [3.05, 3.63) is 12.4 Å². The third kappa shape index (κ3) is 3.73. The highest BCUT2D eigenvalue weighted by molar-refractivity contribution is 5.43. The molecular weight excluding hydrogens is 202 g/mol. The van der Waals surface area contributed by atoms with E-state index in [1.165, 1.54) is 0 Å². The monoisotopic (exact) mass is 219 g/mol. The predicted octanol–water partition coefficient (Wildman–Crippen LogP) is 1.65. The Morgan fingerprint density at radius 1 is 1.50 bits per heavy atom. The molecule has 0 unspecified atom stereocenters. The van der Waals surface area contributed by atoms with E-state index < -0.39 is 0 Å². The molecule has 86 valence electrons. The summed E-state index contributed by atoms with van der Waals surface area (Å²) in [6.45, 7) is 3.66. The van der Waals surface area contributed by atoms with Gasteiger partial charge in [-0.15, -0.1) is 0 Å². The Hall–Kier alpha value is -1.83. The summed E-state index contributed by atoms with van der Waals surface area (Å²) in [6, 6.07) is 2.11. The van der Waals surface area contributed by atoms with Crippen LogP contribution in [0.3, 0.4) is 0 Å². The van der Waals surface area contributed by atoms with E-state index >= 15 is 0 Å². The van der Waals surface area contributed by atoms with Crippen molar-refractivity contribution in [2.45, 2.75) is 19.8 Å². The third-order valence-electron chi connectivity index (χ3n) is 2.13. The van der Waals surface area contributed by atoms with E-state index in [2.05, 4.69) is 28.3 Å². The highest BCUT2D eigenvalue weighted by atomic mass is 15.2. The molecule has 5 heteroatoms. The zero-order chi connectivity index (χ0) is 11.8. The van der Waals surface area contributed by atoms with Crippen LogP contribution in [0.5, 0.6) is 0 Å². The van der Waals surface area contributed by atoms with Gasteiger partial charge in [0.1, 0.15) is 11.6 Å². The van der Waals surface area contributed by atoms with Gasteiger partial charge in [-0.1, -0.05) is 6.92 Å². The molecule has 1 N–H and O–H groups in total. The largest absolute Gasteiger partial charge is 0.369 e. The molecule has 1 heterocycles. The van der Waals surface area contributed by atoms with Crippen LogP contribution >= 0.6 is 0 Å². The summed E-state index contributed by atoms with van der Waals surface area (Å²) in [7, 11) is 1.91. The minimum absolute atomic E-state index is 0.491. The van der Waals surface area contributed by atoms with Gasteiger partial charge in [0.15, 0.2) is 0 Å². The molecule has 0 saturated heterocycles. The van der Waals surface area contributed by atoms with Crippen molar-refractivity contribution < 1.29 is 0 Å². The molecule has 0 saturated carbocycles. The number of nitriles is 1. The van der Waals surface area contributed by atoms with Gasteiger partial charge in [-0.25, -0.2) is 4.98 Å². The average molecular weight is 219 g/mol. The van der Waals surface area contributed by atoms with Crippen molar-refractivity contribution >= 4 is 11.6 Å². The van der Waals surface area contributed by atoms with E-state index in [1.807, 2.05) is 11.9 Å². The topological polar surface area (TPSA) is 64.8 Å². The number of hydrogen-bond donors (Lipinski definition) is 1. The Bertz CT molecular complexity index is 358. The quantitative estimate of drug-likeness (QED) is 0.788. The van der Waals surface area contributed by atoms with Gasteiger partial charge in [-0.2, -0.15) is 5.26 Å². The number of rotatable bonds is 6. The maximum atomic E-state index is 8.51. The minimum Gasteiger partial charge on any atom is -0.369 e. The molecule has 0 spiro atoms. The number of nitrogens with one attached hydrogen (secondary N) is 1. The van der Waals surface area contributed by atoms with Gasteiger partial charge in [0.05, 0.1) is 24.9 Å². The Morgan fingerprint density at radius 3 is 3.00 bits per heavy atom. The number of hydrogen-bond acceptors (Lipinski definition) is 5. The summed E-state index contributed by atoms with van der Waals surface area (Å²) in [5.41, 5.74) is 0. The first-order valence-corrected chi connectivity index (χ1v) is 5.42. The van der Waals surface area contributed by atoms with Crippen LogP contribution in [0.1, 0.15) is 19.8 Å². The van der Waals surface area contributed by atoms with Crippen LogP contribution in [0.2, 0.25) is 0 Å². The Kier molecular flexibility index (Phi) is 5.06. The maximum absolute atomic E-state index is 8.51.